The molecule has 0 fully saturated rings. The van der Waals surface area contributed by atoms with E-state index >= 15 is 0 Å². The minimum Gasteiger partial charge on any atom is -0.507 e. The molecule has 0 aliphatic rings. The van der Waals surface area contributed by atoms with Crippen molar-refractivity contribution < 1.29 is 10.3 Å². The van der Waals surface area contributed by atoms with Crippen LogP contribution in [0, 0.1) is 0 Å². The van der Waals surface area contributed by atoms with Crippen LogP contribution in [0.2, 0.25) is 0 Å². The fourth-order valence-electron chi connectivity index (χ4n) is 1.28. The van der Waals surface area contributed by atoms with E-state index in [1.807, 2.05) is 12.1 Å². The third kappa shape index (κ3) is 2.25. The van der Waals surface area contributed by atoms with Gasteiger partial charge in [-0.2, -0.15) is 0 Å². The number of benzene rings is 1. The maximum atomic E-state index is 9.42. The van der Waals surface area contributed by atoms with Crippen molar-refractivity contribution in [2.24, 2.45) is 5.16 Å². The van der Waals surface area contributed by atoms with Gasteiger partial charge in [-0.15, -0.1) is 0 Å². The van der Waals surface area contributed by atoms with Crippen molar-refractivity contribution in [2.45, 2.75) is 26.2 Å². The van der Waals surface area contributed by atoms with E-state index in [2.05, 4.69) is 19.0 Å². The second-order valence-electron chi connectivity index (χ2n) is 3.37. The van der Waals surface area contributed by atoms with E-state index in [0.29, 0.717) is 11.5 Å². The average Bonchev–Trinajstić information content (AvgIpc) is 2.20. The molecule has 0 bridgehead atoms. The molecule has 0 heterocycles. The average molecular weight is 193 g/mol. The summed E-state index contributed by atoms with van der Waals surface area (Å²) in [5, 5.41) is 20.7. The Morgan fingerprint density at radius 2 is 2.21 bits per heavy atom. The Labute approximate surface area is 83.7 Å². The van der Waals surface area contributed by atoms with Gasteiger partial charge in [0.15, 0.2) is 0 Å². The number of oxime groups is 1. The van der Waals surface area contributed by atoms with E-state index < -0.39 is 0 Å². The number of hydrogen-bond acceptors (Lipinski definition) is 3. The molecule has 3 nitrogen and oxygen atoms in total. The molecule has 0 unspecified atom stereocenters. The van der Waals surface area contributed by atoms with E-state index in [1.165, 1.54) is 6.21 Å². The van der Waals surface area contributed by atoms with E-state index in [1.54, 1.807) is 6.07 Å². The predicted octanol–water partition coefficient (Wildman–Crippen LogP) is 2.71. The minimum absolute atomic E-state index is 0.134. The Kier molecular flexibility index (Phi) is 3.51. The van der Waals surface area contributed by atoms with Crippen molar-refractivity contribution in [3.05, 3.63) is 29.3 Å². The molecule has 76 valence electrons. The molecule has 1 rings (SSSR count). The molecule has 0 aromatic heterocycles. The second kappa shape index (κ2) is 4.65. The number of phenolic OH excluding ortho intramolecular Hbond substituents is 1. The zero-order chi connectivity index (χ0) is 10.6. The van der Waals surface area contributed by atoms with Gasteiger partial charge in [-0.25, -0.2) is 0 Å². The van der Waals surface area contributed by atoms with Crippen LogP contribution >= 0.6 is 0 Å². The summed E-state index contributed by atoms with van der Waals surface area (Å²) in [5.41, 5.74) is 1.69. The smallest absolute Gasteiger partial charge is 0.124 e. The van der Waals surface area contributed by atoms with Crippen LogP contribution in [0.5, 0.6) is 5.75 Å². The summed E-state index contributed by atoms with van der Waals surface area (Å²) in [4.78, 5) is 0. The van der Waals surface area contributed by atoms with Crippen LogP contribution in [0.15, 0.2) is 23.4 Å². The summed E-state index contributed by atoms with van der Waals surface area (Å²) in [5.74, 6) is 0.580. The fourth-order valence-corrected chi connectivity index (χ4v) is 1.28. The minimum atomic E-state index is 0.134. The molecule has 1 aromatic carbocycles. The molecule has 0 aliphatic carbocycles. The first-order valence-electron chi connectivity index (χ1n) is 4.69. The first kappa shape index (κ1) is 10.6. The standard InChI is InChI=1S/C11H15NO2/c1-3-8(2)9-4-5-11(13)10(6-9)7-12-14/h4-8,13-14H,3H2,1-2H3/b12-7-/t8-/m1/s1. The summed E-state index contributed by atoms with van der Waals surface area (Å²) in [6.07, 6.45) is 2.28. The summed E-state index contributed by atoms with van der Waals surface area (Å²) in [7, 11) is 0. The number of nitrogens with zero attached hydrogens (tertiary/aromatic N) is 1. The molecule has 0 spiro atoms. The molecule has 0 saturated heterocycles. The zero-order valence-corrected chi connectivity index (χ0v) is 8.44. The number of rotatable bonds is 3. The predicted molar refractivity (Wildman–Crippen MR) is 56.2 cm³/mol. The van der Waals surface area contributed by atoms with Gasteiger partial charge in [0.2, 0.25) is 0 Å². The van der Waals surface area contributed by atoms with Crippen LogP contribution in [0.25, 0.3) is 0 Å². The van der Waals surface area contributed by atoms with Gasteiger partial charge in [0.25, 0.3) is 0 Å². The van der Waals surface area contributed by atoms with Crippen molar-refractivity contribution in [3.63, 3.8) is 0 Å². The molecule has 2 N–H and O–H groups in total. The van der Waals surface area contributed by atoms with Crippen molar-refractivity contribution in [1.82, 2.24) is 0 Å². The normalized spacial score (nSPS) is 13.3. The molecule has 0 radical (unpaired) electrons. The lowest BCUT2D eigenvalue weighted by Gasteiger charge is -2.09. The van der Waals surface area contributed by atoms with Crippen molar-refractivity contribution >= 4 is 6.21 Å². The summed E-state index contributed by atoms with van der Waals surface area (Å²) in [6, 6.07) is 5.35. The van der Waals surface area contributed by atoms with Gasteiger partial charge in [0.05, 0.1) is 6.21 Å². The van der Waals surface area contributed by atoms with Crippen LogP contribution in [0.3, 0.4) is 0 Å². The molecule has 0 saturated carbocycles. The van der Waals surface area contributed by atoms with Gasteiger partial charge in [-0.3, -0.25) is 0 Å². The molecule has 0 aliphatic heterocycles. The van der Waals surface area contributed by atoms with E-state index in [0.717, 1.165) is 12.0 Å². The second-order valence-corrected chi connectivity index (χ2v) is 3.37. The molecule has 3 heteroatoms. The van der Waals surface area contributed by atoms with Crippen LogP contribution in [0.4, 0.5) is 0 Å². The lowest BCUT2D eigenvalue weighted by molar-refractivity contribution is 0.321. The highest BCUT2D eigenvalue weighted by molar-refractivity contribution is 5.83. The number of hydrogen-bond donors (Lipinski definition) is 2. The summed E-state index contributed by atoms with van der Waals surface area (Å²) < 4.78 is 0. The van der Waals surface area contributed by atoms with Crippen molar-refractivity contribution in [1.29, 1.82) is 0 Å². The highest BCUT2D eigenvalue weighted by atomic mass is 16.4. The van der Waals surface area contributed by atoms with Crippen LogP contribution in [-0.4, -0.2) is 16.5 Å². The fraction of sp³-hybridized carbons (Fsp3) is 0.364. The van der Waals surface area contributed by atoms with Gasteiger partial charge in [-0.05, 0) is 30.0 Å². The van der Waals surface area contributed by atoms with Crippen molar-refractivity contribution in [3.8, 4) is 5.75 Å². The monoisotopic (exact) mass is 193 g/mol. The van der Waals surface area contributed by atoms with Gasteiger partial charge >= 0.3 is 0 Å². The van der Waals surface area contributed by atoms with Gasteiger partial charge in [0.1, 0.15) is 5.75 Å². The van der Waals surface area contributed by atoms with Gasteiger partial charge < -0.3 is 10.3 Å². The first-order valence-corrected chi connectivity index (χ1v) is 4.69. The van der Waals surface area contributed by atoms with Crippen LogP contribution in [0.1, 0.15) is 37.3 Å². The lowest BCUT2D eigenvalue weighted by atomic mass is 9.97. The topological polar surface area (TPSA) is 52.8 Å². The first-order chi connectivity index (χ1) is 6.69. The quantitative estimate of drug-likeness (QED) is 0.440. The Morgan fingerprint density at radius 1 is 1.50 bits per heavy atom. The Hall–Kier alpha value is -1.51. The highest BCUT2D eigenvalue weighted by Gasteiger charge is 2.05. The maximum Gasteiger partial charge on any atom is 0.124 e. The van der Waals surface area contributed by atoms with E-state index in [4.69, 9.17) is 5.21 Å². The van der Waals surface area contributed by atoms with Gasteiger partial charge in [-0.1, -0.05) is 25.1 Å². The van der Waals surface area contributed by atoms with Crippen LogP contribution < -0.4 is 0 Å². The lowest BCUT2D eigenvalue weighted by Crippen LogP contribution is -1.93. The summed E-state index contributed by atoms with van der Waals surface area (Å²) >= 11 is 0. The number of aromatic hydroxyl groups is 1. The third-order valence-corrected chi connectivity index (χ3v) is 2.43. The molecular weight excluding hydrogens is 178 g/mol. The SMILES string of the molecule is CC[C@@H](C)c1ccc(O)c(/C=N\O)c1. The van der Waals surface area contributed by atoms with Crippen molar-refractivity contribution in [2.75, 3.05) is 0 Å². The maximum absolute atomic E-state index is 9.42. The molecule has 14 heavy (non-hydrogen) atoms. The van der Waals surface area contributed by atoms with Gasteiger partial charge in [0, 0.05) is 5.56 Å². The number of phenols is 1. The molecular formula is C11H15NO2. The van der Waals surface area contributed by atoms with Crippen LogP contribution in [-0.2, 0) is 0 Å². The molecule has 0 amide bonds. The van der Waals surface area contributed by atoms with E-state index in [9.17, 15) is 5.11 Å². The highest BCUT2D eigenvalue weighted by Crippen LogP contribution is 2.23. The zero-order valence-electron chi connectivity index (χ0n) is 8.44. The molecule has 1 aromatic rings. The Morgan fingerprint density at radius 3 is 2.79 bits per heavy atom. The summed E-state index contributed by atoms with van der Waals surface area (Å²) in [6.45, 7) is 4.23. The third-order valence-electron chi connectivity index (χ3n) is 2.43. The Balaban J connectivity index is 3.06. The van der Waals surface area contributed by atoms with E-state index in [-0.39, 0.29) is 5.75 Å². The molecule has 1 atom stereocenters. The largest absolute Gasteiger partial charge is 0.507 e. The Bertz CT molecular complexity index is 334.